The Bertz CT molecular complexity index is 1150. The summed E-state index contributed by atoms with van der Waals surface area (Å²) in [6, 6.07) is 12.4. The molecular formula is C23H23ClN4O3. The molecule has 4 rings (SSSR count). The number of aryl methyl sites for hydroxylation is 2. The molecule has 2 heterocycles. The SMILES string of the molecule is COCc1nn2c(c1-c1ccc(Cl)cc1)NC(=O)C2CC(=O)Nc1cc(C)ccc1C. The predicted molar refractivity (Wildman–Crippen MR) is 120 cm³/mol. The van der Waals surface area contributed by atoms with Gasteiger partial charge in [-0.2, -0.15) is 5.10 Å². The molecule has 0 radical (unpaired) electrons. The first-order valence-corrected chi connectivity index (χ1v) is 10.3. The lowest BCUT2D eigenvalue weighted by atomic mass is 10.1. The van der Waals surface area contributed by atoms with E-state index in [0.717, 1.165) is 27.9 Å². The lowest BCUT2D eigenvalue weighted by molar-refractivity contribution is -0.123. The molecule has 1 atom stereocenters. The molecular weight excluding hydrogens is 416 g/mol. The van der Waals surface area contributed by atoms with Crippen molar-refractivity contribution in [2.45, 2.75) is 32.9 Å². The van der Waals surface area contributed by atoms with Crippen molar-refractivity contribution >= 4 is 34.9 Å². The molecule has 0 fully saturated rings. The number of hydrogen-bond acceptors (Lipinski definition) is 4. The Balaban J connectivity index is 1.63. The molecule has 2 amide bonds. The zero-order chi connectivity index (χ0) is 22.1. The molecule has 31 heavy (non-hydrogen) atoms. The zero-order valence-electron chi connectivity index (χ0n) is 17.5. The summed E-state index contributed by atoms with van der Waals surface area (Å²) in [5, 5.41) is 11.0. The van der Waals surface area contributed by atoms with E-state index in [-0.39, 0.29) is 24.8 Å². The zero-order valence-corrected chi connectivity index (χ0v) is 18.3. The van der Waals surface area contributed by atoms with Gasteiger partial charge in [-0.15, -0.1) is 0 Å². The van der Waals surface area contributed by atoms with Crippen LogP contribution in [0.5, 0.6) is 0 Å². The minimum absolute atomic E-state index is 0.0274. The third-order valence-corrected chi connectivity index (χ3v) is 5.53. The first-order chi connectivity index (χ1) is 14.9. The van der Waals surface area contributed by atoms with Crippen molar-refractivity contribution in [2.24, 2.45) is 0 Å². The Morgan fingerprint density at radius 2 is 1.97 bits per heavy atom. The van der Waals surface area contributed by atoms with Gasteiger partial charge in [0.15, 0.2) is 0 Å². The monoisotopic (exact) mass is 438 g/mol. The van der Waals surface area contributed by atoms with E-state index >= 15 is 0 Å². The van der Waals surface area contributed by atoms with Crippen molar-refractivity contribution in [2.75, 3.05) is 17.7 Å². The van der Waals surface area contributed by atoms with Crippen LogP contribution in [0.25, 0.3) is 11.1 Å². The van der Waals surface area contributed by atoms with Crippen LogP contribution in [0, 0.1) is 13.8 Å². The molecule has 0 saturated carbocycles. The number of anilines is 2. The Morgan fingerprint density at radius 3 is 2.68 bits per heavy atom. The average Bonchev–Trinajstić information content (AvgIpc) is 3.21. The highest BCUT2D eigenvalue weighted by Gasteiger charge is 2.37. The highest BCUT2D eigenvalue weighted by Crippen LogP contribution is 2.39. The summed E-state index contributed by atoms with van der Waals surface area (Å²) in [6.45, 7) is 4.17. The topological polar surface area (TPSA) is 85.2 Å². The summed E-state index contributed by atoms with van der Waals surface area (Å²) >= 11 is 6.02. The molecule has 2 aromatic carbocycles. The number of halogens is 1. The molecule has 1 aromatic heterocycles. The Morgan fingerprint density at radius 1 is 1.23 bits per heavy atom. The van der Waals surface area contributed by atoms with E-state index in [4.69, 9.17) is 16.3 Å². The van der Waals surface area contributed by atoms with Crippen molar-refractivity contribution in [3.8, 4) is 11.1 Å². The maximum absolute atomic E-state index is 12.7. The van der Waals surface area contributed by atoms with Gasteiger partial charge in [0.05, 0.1) is 18.7 Å². The van der Waals surface area contributed by atoms with E-state index in [2.05, 4.69) is 15.7 Å². The highest BCUT2D eigenvalue weighted by atomic mass is 35.5. The highest BCUT2D eigenvalue weighted by molar-refractivity contribution is 6.30. The van der Waals surface area contributed by atoms with Crippen molar-refractivity contribution in [3.05, 3.63) is 64.3 Å². The third-order valence-electron chi connectivity index (χ3n) is 5.28. The van der Waals surface area contributed by atoms with Crippen LogP contribution in [0.2, 0.25) is 5.02 Å². The molecule has 8 heteroatoms. The van der Waals surface area contributed by atoms with Crippen LogP contribution in [0.15, 0.2) is 42.5 Å². The molecule has 1 aliphatic heterocycles. The number of hydrogen-bond donors (Lipinski definition) is 2. The van der Waals surface area contributed by atoms with Gasteiger partial charge in [0, 0.05) is 23.4 Å². The van der Waals surface area contributed by atoms with Gasteiger partial charge >= 0.3 is 0 Å². The van der Waals surface area contributed by atoms with Gasteiger partial charge in [-0.1, -0.05) is 35.9 Å². The van der Waals surface area contributed by atoms with Gasteiger partial charge in [0.2, 0.25) is 5.91 Å². The van der Waals surface area contributed by atoms with Crippen LogP contribution in [0.4, 0.5) is 11.5 Å². The Labute approximate surface area is 185 Å². The number of carbonyl (C=O) groups is 2. The van der Waals surface area contributed by atoms with Gasteiger partial charge in [-0.05, 0) is 48.7 Å². The number of carbonyl (C=O) groups excluding carboxylic acids is 2. The van der Waals surface area contributed by atoms with E-state index in [9.17, 15) is 9.59 Å². The molecule has 160 valence electrons. The number of nitrogens with one attached hydrogen (secondary N) is 2. The number of aromatic nitrogens is 2. The minimum Gasteiger partial charge on any atom is -0.378 e. The smallest absolute Gasteiger partial charge is 0.251 e. The lowest BCUT2D eigenvalue weighted by Gasteiger charge is -2.12. The summed E-state index contributed by atoms with van der Waals surface area (Å²) in [5.41, 5.74) is 5.06. The van der Waals surface area contributed by atoms with E-state index < -0.39 is 6.04 Å². The second-order valence-corrected chi connectivity index (χ2v) is 8.07. The molecule has 1 unspecified atom stereocenters. The lowest BCUT2D eigenvalue weighted by Crippen LogP contribution is -2.24. The Kier molecular flexibility index (Phi) is 5.80. The summed E-state index contributed by atoms with van der Waals surface area (Å²) in [7, 11) is 1.59. The van der Waals surface area contributed by atoms with Crippen molar-refractivity contribution in [3.63, 3.8) is 0 Å². The first kappa shape index (κ1) is 21.1. The second kappa shape index (κ2) is 8.53. The molecule has 0 saturated heterocycles. The number of nitrogens with zero attached hydrogens (tertiary/aromatic N) is 2. The van der Waals surface area contributed by atoms with Crippen molar-refractivity contribution in [1.29, 1.82) is 0 Å². The van der Waals surface area contributed by atoms with Crippen LogP contribution in [0.3, 0.4) is 0 Å². The minimum atomic E-state index is -0.739. The molecule has 1 aliphatic rings. The van der Waals surface area contributed by atoms with Crippen molar-refractivity contribution < 1.29 is 14.3 Å². The van der Waals surface area contributed by atoms with Gasteiger partial charge in [-0.25, -0.2) is 4.68 Å². The van der Waals surface area contributed by atoms with Gasteiger partial charge in [-0.3, -0.25) is 9.59 Å². The third kappa shape index (κ3) is 4.19. The fourth-order valence-corrected chi connectivity index (χ4v) is 3.85. The summed E-state index contributed by atoms with van der Waals surface area (Å²) in [5.74, 6) is 0.0419. The van der Waals surface area contributed by atoms with Crippen LogP contribution in [-0.4, -0.2) is 28.7 Å². The summed E-state index contributed by atoms with van der Waals surface area (Å²) < 4.78 is 6.89. The van der Waals surface area contributed by atoms with Crippen LogP contribution < -0.4 is 10.6 Å². The number of methoxy groups -OCH3 is 1. The molecule has 7 nitrogen and oxygen atoms in total. The van der Waals surface area contributed by atoms with E-state index in [1.165, 1.54) is 0 Å². The van der Waals surface area contributed by atoms with Crippen LogP contribution >= 0.6 is 11.6 Å². The maximum Gasteiger partial charge on any atom is 0.251 e. The fraction of sp³-hybridized carbons (Fsp3) is 0.261. The number of ether oxygens (including phenoxy) is 1. The summed E-state index contributed by atoms with van der Waals surface area (Å²) in [6.07, 6.45) is -0.0274. The van der Waals surface area contributed by atoms with Crippen LogP contribution in [0.1, 0.15) is 29.3 Å². The normalized spacial score (nSPS) is 15.0. The van der Waals surface area contributed by atoms with Gasteiger partial charge < -0.3 is 15.4 Å². The predicted octanol–water partition coefficient (Wildman–Crippen LogP) is 4.49. The van der Waals surface area contributed by atoms with E-state index in [1.54, 1.807) is 23.9 Å². The quantitative estimate of drug-likeness (QED) is 0.593. The second-order valence-electron chi connectivity index (χ2n) is 7.63. The first-order valence-electron chi connectivity index (χ1n) is 9.91. The van der Waals surface area contributed by atoms with E-state index in [0.29, 0.717) is 16.5 Å². The molecule has 0 aliphatic carbocycles. The standard InChI is InChI=1S/C23H23ClN4O3/c1-13-4-5-14(2)17(10-13)25-20(29)11-19-23(30)26-22-21(15-6-8-16(24)9-7-15)18(12-31-3)27-28(19)22/h4-10,19H,11-12H2,1-3H3,(H,25,29)(H,26,30). The fourth-order valence-electron chi connectivity index (χ4n) is 3.72. The van der Waals surface area contributed by atoms with E-state index in [1.807, 2.05) is 44.2 Å². The number of rotatable bonds is 6. The number of amides is 2. The maximum atomic E-state index is 12.7. The van der Waals surface area contributed by atoms with Crippen molar-refractivity contribution in [1.82, 2.24) is 9.78 Å². The molecule has 0 spiro atoms. The Hall–Kier alpha value is -3.16. The molecule has 3 aromatic rings. The number of fused-ring (bicyclic) bond motifs is 1. The van der Waals surface area contributed by atoms with Gasteiger partial charge in [0.1, 0.15) is 11.9 Å². The molecule has 2 N–H and O–H groups in total. The average molecular weight is 439 g/mol. The van der Waals surface area contributed by atoms with Gasteiger partial charge in [0.25, 0.3) is 5.91 Å². The van der Waals surface area contributed by atoms with Crippen LogP contribution in [-0.2, 0) is 20.9 Å². The molecule has 0 bridgehead atoms. The summed E-state index contributed by atoms with van der Waals surface area (Å²) in [4.78, 5) is 25.4. The largest absolute Gasteiger partial charge is 0.378 e. The number of benzene rings is 2.